The van der Waals surface area contributed by atoms with Gasteiger partial charge >= 0.3 is 0 Å². The Bertz CT molecular complexity index is 452. The fourth-order valence-corrected chi connectivity index (χ4v) is 2.89. The molecule has 0 bridgehead atoms. The van der Waals surface area contributed by atoms with Gasteiger partial charge in [0.1, 0.15) is 10.1 Å². The molecular formula is C13H18BrN3O. The first-order valence-corrected chi connectivity index (χ1v) is 6.96. The molecule has 1 aliphatic heterocycles. The number of primary amides is 1. The quantitative estimate of drug-likeness (QED) is 0.842. The maximum absolute atomic E-state index is 11.6. The number of amides is 1. The summed E-state index contributed by atoms with van der Waals surface area (Å²) in [6.45, 7) is 0.956. The van der Waals surface area contributed by atoms with E-state index in [4.69, 9.17) is 5.73 Å². The highest BCUT2D eigenvalue weighted by Gasteiger charge is 2.46. The molecule has 1 fully saturated rings. The molecule has 2 rings (SSSR count). The summed E-state index contributed by atoms with van der Waals surface area (Å²) < 4.78 is 0.852. The maximum atomic E-state index is 11.6. The lowest BCUT2D eigenvalue weighted by Gasteiger charge is -2.48. The normalized spacial score (nSPS) is 23.7. The summed E-state index contributed by atoms with van der Waals surface area (Å²) in [7, 11) is 1.96. The highest BCUT2D eigenvalue weighted by Crippen LogP contribution is 2.33. The van der Waals surface area contributed by atoms with Crippen molar-refractivity contribution in [1.82, 2.24) is 9.88 Å². The van der Waals surface area contributed by atoms with Crippen LogP contribution in [0.15, 0.2) is 22.8 Å². The second kappa shape index (κ2) is 5.36. The lowest BCUT2D eigenvalue weighted by Crippen LogP contribution is -2.65. The first-order chi connectivity index (χ1) is 8.54. The molecule has 1 aromatic rings. The van der Waals surface area contributed by atoms with Gasteiger partial charge in [0.25, 0.3) is 0 Å². The van der Waals surface area contributed by atoms with E-state index in [1.807, 2.05) is 25.2 Å². The molecule has 4 nitrogen and oxygen atoms in total. The van der Waals surface area contributed by atoms with Gasteiger partial charge in [-0.25, -0.2) is 4.98 Å². The zero-order chi connectivity index (χ0) is 13.2. The molecule has 0 spiro atoms. The van der Waals surface area contributed by atoms with Gasteiger partial charge in [0.15, 0.2) is 0 Å². The fraction of sp³-hybridized carbons (Fsp3) is 0.538. The van der Waals surface area contributed by atoms with Crippen LogP contribution in [0, 0.1) is 0 Å². The number of aryl methyl sites for hydroxylation is 1. The van der Waals surface area contributed by atoms with Gasteiger partial charge in [0, 0.05) is 12.2 Å². The monoisotopic (exact) mass is 311 g/mol. The minimum atomic E-state index is -0.411. The van der Waals surface area contributed by atoms with E-state index in [0.29, 0.717) is 0 Å². The number of hydrogen-bond donors (Lipinski definition) is 1. The number of hydrogen-bond acceptors (Lipinski definition) is 3. The number of pyridine rings is 1. The molecule has 5 heteroatoms. The largest absolute Gasteiger partial charge is 0.368 e. The molecule has 0 radical (unpaired) electrons. The Morgan fingerprint density at radius 3 is 2.89 bits per heavy atom. The van der Waals surface area contributed by atoms with E-state index in [2.05, 4.69) is 25.8 Å². The predicted molar refractivity (Wildman–Crippen MR) is 74.0 cm³/mol. The van der Waals surface area contributed by atoms with Crippen LogP contribution in [0.5, 0.6) is 0 Å². The average molecular weight is 312 g/mol. The van der Waals surface area contributed by atoms with Crippen molar-refractivity contribution < 1.29 is 4.79 Å². The van der Waals surface area contributed by atoms with E-state index < -0.39 is 5.54 Å². The lowest BCUT2D eigenvalue weighted by molar-refractivity contribution is -0.138. The smallest absolute Gasteiger partial charge is 0.237 e. The van der Waals surface area contributed by atoms with E-state index in [9.17, 15) is 4.79 Å². The Kier molecular flexibility index (Phi) is 4.02. The predicted octanol–water partition coefficient (Wildman–Crippen LogP) is 1.73. The van der Waals surface area contributed by atoms with E-state index in [0.717, 1.165) is 42.5 Å². The molecule has 1 aromatic heterocycles. The van der Waals surface area contributed by atoms with Gasteiger partial charge in [0.2, 0.25) is 5.91 Å². The van der Waals surface area contributed by atoms with Gasteiger partial charge in [-0.15, -0.1) is 0 Å². The number of halogens is 1. The van der Waals surface area contributed by atoms with Gasteiger partial charge in [-0.05, 0) is 60.8 Å². The number of nitrogens with two attached hydrogens (primary N) is 1. The topological polar surface area (TPSA) is 59.2 Å². The van der Waals surface area contributed by atoms with Crippen LogP contribution in [0.25, 0.3) is 0 Å². The van der Waals surface area contributed by atoms with E-state index in [1.165, 1.54) is 0 Å². The Labute approximate surface area is 116 Å². The van der Waals surface area contributed by atoms with Crippen molar-refractivity contribution in [3.8, 4) is 0 Å². The summed E-state index contributed by atoms with van der Waals surface area (Å²) in [5.41, 5.74) is 6.16. The van der Waals surface area contributed by atoms with Crippen molar-refractivity contribution in [3.05, 3.63) is 28.5 Å². The minimum Gasteiger partial charge on any atom is -0.368 e. The Morgan fingerprint density at radius 1 is 1.61 bits per heavy atom. The van der Waals surface area contributed by atoms with Crippen molar-refractivity contribution in [2.45, 2.75) is 31.2 Å². The average Bonchev–Trinajstić information content (AvgIpc) is 2.32. The van der Waals surface area contributed by atoms with Crippen molar-refractivity contribution in [2.24, 2.45) is 5.73 Å². The summed E-state index contributed by atoms with van der Waals surface area (Å²) in [5.74, 6) is -0.196. The van der Waals surface area contributed by atoms with Crippen LogP contribution in [0.3, 0.4) is 0 Å². The summed E-state index contributed by atoms with van der Waals surface area (Å²) in [4.78, 5) is 18.0. The highest BCUT2D eigenvalue weighted by molar-refractivity contribution is 9.10. The number of carbonyl (C=O) groups excluding carboxylic acids is 1. The lowest BCUT2D eigenvalue weighted by atomic mass is 9.80. The van der Waals surface area contributed by atoms with Crippen LogP contribution < -0.4 is 5.73 Å². The van der Waals surface area contributed by atoms with Crippen molar-refractivity contribution >= 4 is 21.8 Å². The number of rotatable bonds is 5. The van der Waals surface area contributed by atoms with Gasteiger partial charge in [-0.2, -0.15) is 0 Å². The molecule has 2 heterocycles. The first kappa shape index (κ1) is 13.5. The number of likely N-dealkylation sites (tertiary alicyclic amines) is 1. The van der Waals surface area contributed by atoms with Gasteiger partial charge in [0.05, 0.1) is 0 Å². The van der Waals surface area contributed by atoms with Crippen LogP contribution in [-0.2, 0) is 11.2 Å². The minimum absolute atomic E-state index is 0.196. The molecule has 2 N–H and O–H groups in total. The number of aromatic nitrogens is 1. The van der Waals surface area contributed by atoms with Crippen LogP contribution >= 0.6 is 15.9 Å². The van der Waals surface area contributed by atoms with Crippen LogP contribution in [0.2, 0.25) is 0 Å². The molecule has 0 aliphatic carbocycles. The van der Waals surface area contributed by atoms with Gasteiger partial charge < -0.3 is 5.73 Å². The molecule has 98 valence electrons. The van der Waals surface area contributed by atoms with Crippen molar-refractivity contribution in [2.75, 3.05) is 13.6 Å². The van der Waals surface area contributed by atoms with Crippen LogP contribution in [0.1, 0.15) is 25.0 Å². The zero-order valence-corrected chi connectivity index (χ0v) is 12.1. The first-order valence-electron chi connectivity index (χ1n) is 6.17. The molecule has 0 aromatic carbocycles. The Morgan fingerprint density at radius 2 is 2.39 bits per heavy atom. The van der Waals surface area contributed by atoms with Gasteiger partial charge in [-0.3, -0.25) is 9.69 Å². The molecular weight excluding hydrogens is 294 g/mol. The molecule has 1 aliphatic rings. The third-order valence-electron chi connectivity index (χ3n) is 3.85. The van der Waals surface area contributed by atoms with Crippen LogP contribution in [-0.4, -0.2) is 34.9 Å². The third-order valence-corrected chi connectivity index (χ3v) is 4.29. The molecule has 18 heavy (non-hydrogen) atoms. The number of carbonyl (C=O) groups is 1. The maximum Gasteiger partial charge on any atom is 0.237 e. The standard InChI is InChI=1S/C13H18BrN3O/c1-17-9-8-13(17,12(15)18)7-3-5-10-4-2-6-11(14)16-10/h2,4,6H,3,5,7-9H2,1H3,(H2,15,18). The van der Waals surface area contributed by atoms with Crippen molar-refractivity contribution in [1.29, 1.82) is 0 Å². The molecule has 1 atom stereocenters. The van der Waals surface area contributed by atoms with E-state index in [1.54, 1.807) is 0 Å². The number of nitrogens with zero attached hydrogens (tertiary/aromatic N) is 2. The second-order valence-electron chi connectivity index (χ2n) is 4.87. The molecule has 1 saturated heterocycles. The van der Waals surface area contributed by atoms with Crippen molar-refractivity contribution in [3.63, 3.8) is 0 Å². The van der Waals surface area contributed by atoms with E-state index in [-0.39, 0.29) is 5.91 Å². The molecule has 0 saturated carbocycles. The summed E-state index contributed by atoms with van der Waals surface area (Å²) in [6, 6.07) is 5.89. The third kappa shape index (κ3) is 2.57. The van der Waals surface area contributed by atoms with Crippen LogP contribution in [0.4, 0.5) is 0 Å². The molecule has 1 amide bonds. The second-order valence-corrected chi connectivity index (χ2v) is 5.69. The summed E-state index contributed by atoms with van der Waals surface area (Å²) in [5, 5.41) is 0. The fourth-order valence-electron chi connectivity index (χ4n) is 2.51. The highest BCUT2D eigenvalue weighted by atomic mass is 79.9. The van der Waals surface area contributed by atoms with Gasteiger partial charge in [-0.1, -0.05) is 6.07 Å². The Hall–Kier alpha value is -0.940. The Balaban J connectivity index is 1.90. The summed E-state index contributed by atoms with van der Waals surface area (Å²) in [6.07, 6.45) is 3.50. The SMILES string of the molecule is CN1CCC1(CCCc1cccc(Br)n1)C(N)=O. The zero-order valence-electron chi connectivity index (χ0n) is 10.5. The number of likely N-dealkylation sites (N-methyl/N-ethyl adjacent to an activating group) is 1. The van der Waals surface area contributed by atoms with E-state index >= 15 is 0 Å². The molecule has 1 unspecified atom stereocenters. The summed E-state index contributed by atoms with van der Waals surface area (Å²) >= 11 is 3.36.